The summed E-state index contributed by atoms with van der Waals surface area (Å²) in [5, 5.41) is -0.459. The third kappa shape index (κ3) is 4.08. The average Bonchev–Trinajstić information content (AvgIpc) is 2.52. The first-order chi connectivity index (χ1) is 12.3. The quantitative estimate of drug-likeness (QED) is 0.500. The molecular formula is C13H11ClF4N4O4S. The van der Waals surface area contributed by atoms with Crippen molar-refractivity contribution in [2.45, 2.75) is 13.1 Å². The molecule has 2 rings (SSSR count). The highest BCUT2D eigenvalue weighted by Gasteiger charge is 2.40. The van der Waals surface area contributed by atoms with Crippen molar-refractivity contribution >= 4 is 27.3 Å². The van der Waals surface area contributed by atoms with Gasteiger partial charge in [-0.25, -0.2) is 22.3 Å². The Hall–Kier alpha value is -2.54. The van der Waals surface area contributed by atoms with Crippen LogP contribution in [-0.4, -0.2) is 23.8 Å². The number of nitrogens with zero attached hydrogens (tertiary/aromatic N) is 1. The van der Waals surface area contributed by atoms with Crippen molar-refractivity contribution in [1.29, 1.82) is 0 Å². The molecule has 2 aromatic rings. The number of aromatic nitrogens is 2. The Morgan fingerprint density at radius 3 is 2.41 bits per heavy atom. The minimum atomic E-state index is -5.30. The second-order valence-corrected chi connectivity index (χ2v) is 7.59. The molecule has 0 aliphatic heterocycles. The third-order valence-corrected chi connectivity index (χ3v) is 4.99. The molecule has 148 valence electrons. The fourth-order valence-corrected chi connectivity index (χ4v) is 3.04. The molecule has 1 aromatic carbocycles. The summed E-state index contributed by atoms with van der Waals surface area (Å²) in [7, 11) is -3.92. The number of aromatic amines is 1. The first-order valence-electron chi connectivity index (χ1n) is 7.00. The van der Waals surface area contributed by atoms with Gasteiger partial charge in [-0.15, -0.1) is 0 Å². The molecular weight excluding hydrogens is 420 g/mol. The van der Waals surface area contributed by atoms with E-state index in [0.29, 0.717) is 12.1 Å². The monoisotopic (exact) mass is 430 g/mol. The standard InChI is InChI=1S/C13H11ClF4N4O4S/c1-2-27(25,26)21-8-3-5(7(15)4-6(8)14)9-10(13(16,17)18)22(19)12(24)20-11(9)23/h3-4,21H,2,19H2,1H3,(H,20,23,24). The van der Waals surface area contributed by atoms with E-state index in [9.17, 15) is 35.6 Å². The highest BCUT2D eigenvalue weighted by atomic mass is 35.5. The second-order valence-electron chi connectivity index (χ2n) is 5.17. The first-order valence-corrected chi connectivity index (χ1v) is 9.03. The summed E-state index contributed by atoms with van der Waals surface area (Å²) in [5.74, 6) is 3.30. The number of benzene rings is 1. The number of nitrogen functional groups attached to an aromatic ring is 1. The summed E-state index contributed by atoms with van der Waals surface area (Å²) < 4.78 is 79.2. The van der Waals surface area contributed by atoms with Crippen LogP contribution in [0.3, 0.4) is 0 Å². The molecule has 27 heavy (non-hydrogen) atoms. The van der Waals surface area contributed by atoms with E-state index in [0.717, 1.165) is 0 Å². The molecule has 0 atom stereocenters. The Labute approximate surface area is 153 Å². The Bertz CT molecular complexity index is 1120. The number of anilines is 1. The van der Waals surface area contributed by atoms with E-state index in [4.69, 9.17) is 17.4 Å². The number of hydrogen-bond acceptors (Lipinski definition) is 5. The van der Waals surface area contributed by atoms with Gasteiger partial charge in [0.1, 0.15) is 5.82 Å². The molecule has 8 nitrogen and oxygen atoms in total. The lowest BCUT2D eigenvalue weighted by atomic mass is 10.0. The van der Waals surface area contributed by atoms with E-state index in [2.05, 4.69) is 0 Å². The van der Waals surface area contributed by atoms with Gasteiger partial charge in [-0.05, 0) is 19.1 Å². The molecule has 0 unspecified atom stereocenters. The Morgan fingerprint density at radius 1 is 1.30 bits per heavy atom. The van der Waals surface area contributed by atoms with Crippen LogP contribution in [0.4, 0.5) is 23.2 Å². The first kappa shape index (κ1) is 20.8. The van der Waals surface area contributed by atoms with Crippen LogP contribution in [0.2, 0.25) is 5.02 Å². The fourth-order valence-electron chi connectivity index (χ4n) is 2.14. The van der Waals surface area contributed by atoms with E-state index in [1.165, 1.54) is 11.9 Å². The predicted octanol–water partition coefficient (Wildman–Crippen LogP) is 1.49. The summed E-state index contributed by atoms with van der Waals surface area (Å²) in [5.41, 5.74) is -7.78. The Balaban J connectivity index is 2.90. The van der Waals surface area contributed by atoms with Crippen molar-refractivity contribution < 1.29 is 26.0 Å². The normalized spacial score (nSPS) is 12.2. The zero-order valence-corrected chi connectivity index (χ0v) is 14.9. The molecule has 0 aliphatic rings. The largest absolute Gasteiger partial charge is 0.434 e. The number of rotatable bonds is 4. The summed E-state index contributed by atoms with van der Waals surface area (Å²) in [6, 6.07) is 1.13. The van der Waals surface area contributed by atoms with Gasteiger partial charge < -0.3 is 5.84 Å². The van der Waals surface area contributed by atoms with Gasteiger partial charge in [0.05, 0.1) is 22.0 Å². The molecule has 0 fully saturated rings. The lowest BCUT2D eigenvalue weighted by Crippen LogP contribution is -2.41. The van der Waals surface area contributed by atoms with Crippen molar-refractivity contribution in [1.82, 2.24) is 9.66 Å². The molecule has 4 N–H and O–H groups in total. The molecule has 0 radical (unpaired) electrons. The number of hydrogen-bond donors (Lipinski definition) is 3. The van der Waals surface area contributed by atoms with Crippen molar-refractivity contribution in [3.8, 4) is 11.1 Å². The van der Waals surface area contributed by atoms with E-state index >= 15 is 0 Å². The maximum atomic E-state index is 14.3. The number of H-pyrrole nitrogens is 1. The number of alkyl halides is 3. The van der Waals surface area contributed by atoms with Crippen molar-refractivity contribution in [2.24, 2.45) is 0 Å². The van der Waals surface area contributed by atoms with Crippen LogP contribution in [0.15, 0.2) is 21.7 Å². The maximum Gasteiger partial charge on any atom is 0.434 e. The summed E-state index contributed by atoms with van der Waals surface area (Å²) in [6.07, 6.45) is -5.30. The van der Waals surface area contributed by atoms with Crippen LogP contribution in [0.25, 0.3) is 11.1 Å². The highest BCUT2D eigenvalue weighted by Crippen LogP contribution is 2.37. The van der Waals surface area contributed by atoms with Gasteiger partial charge in [0.25, 0.3) is 5.56 Å². The SMILES string of the molecule is CCS(=O)(=O)Nc1cc(-c2c(C(F)(F)F)n(N)c(=O)[nH]c2=O)c(F)cc1Cl. The summed E-state index contributed by atoms with van der Waals surface area (Å²) >= 11 is 5.72. The average molecular weight is 431 g/mol. The van der Waals surface area contributed by atoms with Gasteiger partial charge in [0.15, 0.2) is 5.69 Å². The fraction of sp³-hybridized carbons (Fsp3) is 0.231. The van der Waals surface area contributed by atoms with Crippen LogP contribution in [-0.2, 0) is 16.2 Å². The van der Waals surface area contributed by atoms with Gasteiger partial charge in [-0.1, -0.05) is 11.6 Å². The van der Waals surface area contributed by atoms with Crippen molar-refractivity contribution in [3.05, 3.63) is 49.5 Å². The molecule has 1 aromatic heterocycles. The van der Waals surface area contributed by atoms with Gasteiger partial charge in [0.2, 0.25) is 10.0 Å². The van der Waals surface area contributed by atoms with Crippen molar-refractivity contribution in [3.63, 3.8) is 0 Å². The lowest BCUT2D eigenvalue weighted by molar-refractivity contribution is -0.143. The molecule has 0 spiro atoms. The molecule has 0 amide bonds. The number of nitrogens with two attached hydrogens (primary N) is 1. The number of halogens is 5. The maximum absolute atomic E-state index is 14.3. The summed E-state index contributed by atoms with van der Waals surface area (Å²) in [6.45, 7) is 1.28. The minimum absolute atomic E-state index is 0.388. The predicted molar refractivity (Wildman–Crippen MR) is 90.0 cm³/mol. The zero-order chi connectivity index (χ0) is 20.7. The van der Waals surface area contributed by atoms with Crippen LogP contribution in [0.5, 0.6) is 0 Å². The van der Waals surface area contributed by atoms with Gasteiger partial charge in [-0.2, -0.15) is 13.2 Å². The van der Waals surface area contributed by atoms with Gasteiger partial charge in [0, 0.05) is 5.56 Å². The van der Waals surface area contributed by atoms with E-state index in [1.54, 1.807) is 0 Å². The third-order valence-electron chi connectivity index (χ3n) is 3.38. The summed E-state index contributed by atoms with van der Waals surface area (Å²) in [4.78, 5) is 24.9. The zero-order valence-electron chi connectivity index (χ0n) is 13.3. The van der Waals surface area contributed by atoms with Crippen LogP contribution in [0.1, 0.15) is 12.6 Å². The smallest absolute Gasteiger partial charge is 0.335 e. The molecule has 0 saturated carbocycles. The van der Waals surface area contributed by atoms with Crippen LogP contribution >= 0.6 is 11.6 Å². The molecule has 1 heterocycles. The minimum Gasteiger partial charge on any atom is -0.335 e. The lowest BCUT2D eigenvalue weighted by Gasteiger charge is -2.17. The Kier molecular flexibility index (Phi) is 5.30. The highest BCUT2D eigenvalue weighted by molar-refractivity contribution is 7.92. The Morgan fingerprint density at radius 2 is 1.89 bits per heavy atom. The molecule has 0 saturated heterocycles. The number of nitrogens with one attached hydrogen (secondary N) is 2. The number of sulfonamides is 1. The molecule has 0 bridgehead atoms. The van der Waals surface area contributed by atoms with E-state index < -0.39 is 66.5 Å². The molecule has 14 heteroatoms. The van der Waals surface area contributed by atoms with E-state index in [1.807, 2.05) is 4.72 Å². The molecule has 0 aliphatic carbocycles. The van der Waals surface area contributed by atoms with E-state index in [-0.39, 0.29) is 4.68 Å². The van der Waals surface area contributed by atoms with Crippen molar-refractivity contribution in [2.75, 3.05) is 16.3 Å². The topological polar surface area (TPSA) is 127 Å². The van der Waals surface area contributed by atoms with Gasteiger partial charge >= 0.3 is 11.9 Å². The second kappa shape index (κ2) is 6.88. The van der Waals surface area contributed by atoms with Crippen LogP contribution in [0, 0.1) is 5.82 Å². The van der Waals surface area contributed by atoms with Gasteiger partial charge in [-0.3, -0.25) is 14.5 Å². The van der Waals surface area contributed by atoms with Crippen LogP contribution < -0.4 is 21.8 Å².